The fraction of sp³-hybridized carbons (Fsp3) is 0.475. The number of hydrogen-bond donors (Lipinski definition) is 3. The van der Waals surface area contributed by atoms with Crippen LogP contribution in [0.15, 0.2) is 59.0 Å². The molecule has 0 radical (unpaired) electrons. The molecule has 2 saturated carbocycles. The van der Waals surface area contributed by atoms with E-state index in [4.69, 9.17) is 23.6 Å². The van der Waals surface area contributed by atoms with Crippen LogP contribution in [0.3, 0.4) is 0 Å². The van der Waals surface area contributed by atoms with Crippen molar-refractivity contribution in [2.24, 2.45) is 5.92 Å². The molecule has 0 bridgehead atoms. The number of hydrogen-bond acceptors (Lipinski definition) is 11. The van der Waals surface area contributed by atoms with Crippen molar-refractivity contribution in [2.75, 3.05) is 26.9 Å². The molecule has 4 heterocycles. The molecular formula is C40H44FN5O10S. The summed E-state index contributed by atoms with van der Waals surface area (Å²) in [5.74, 6) is -2.93. The van der Waals surface area contributed by atoms with Crippen molar-refractivity contribution in [3.8, 4) is 5.75 Å². The number of ether oxygens (including phenoxy) is 3. The molecule has 3 N–H and O–H groups in total. The molecule has 8 rings (SSSR count). The van der Waals surface area contributed by atoms with Crippen LogP contribution < -0.4 is 20.1 Å². The van der Waals surface area contributed by atoms with Gasteiger partial charge in [0.05, 0.1) is 23.9 Å². The van der Waals surface area contributed by atoms with Gasteiger partial charge in [0.25, 0.3) is 5.91 Å². The Kier molecular flexibility index (Phi) is 10.5. The topological polar surface area (TPSA) is 195 Å². The number of carbonyl (C=O) groups is 4. The van der Waals surface area contributed by atoms with Gasteiger partial charge < -0.3 is 34.2 Å². The number of nitrogens with zero attached hydrogens (tertiary/aromatic N) is 2. The highest BCUT2D eigenvalue weighted by atomic mass is 32.2. The SMILES string of the molecule is COCCOC(=O)N[C@H]1CCCCCC=C[C@@H]2C[C@@]2(C(=O)NS(=O)(=O)C2CC2)NC(=O)[C@@H]2C[C@@H](Oc3c4cc(F)ccc4nc4c3oc3ccccc34)CN2C1=O. The van der Waals surface area contributed by atoms with E-state index in [-0.39, 0.29) is 50.4 Å². The van der Waals surface area contributed by atoms with E-state index in [1.165, 1.54) is 30.2 Å². The van der Waals surface area contributed by atoms with Crippen molar-refractivity contribution in [3.05, 3.63) is 60.4 Å². The van der Waals surface area contributed by atoms with Crippen LogP contribution in [0, 0.1) is 11.7 Å². The second-order valence-electron chi connectivity index (χ2n) is 15.2. The lowest BCUT2D eigenvalue weighted by Gasteiger charge is -2.29. The molecule has 1 saturated heterocycles. The third-order valence-corrected chi connectivity index (χ3v) is 13.0. The highest BCUT2D eigenvalue weighted by Gasteiger charge is 2.62. The van der Waals surface area contributed by atoms with Gasteiger partial charge in [0, 0.05) is 30.2 Å². The Balaban J connectivity index is 1.15. The predicted octanol–water partition coefficient (Wildman–Crippen LogP) is 4.37. The first kappa shape index (κ1) is 38.6. The minimum atomic E-state index is -3.94. The normalized spacial score (nSPS) is 25.6. The maximum Gasteiger partial charge on any atom is 0.407 e. The Morgan fingerprint density at radius 3 is 2.70 bits per heavy atom. The van der Waals surface area contributed by atoms with Gasteiger partial charge in [0.2, 0.25) is 21.8 Å². The van der Waals surface area contributed by atoms with E-state index in [0.717, 1.165) is 12.8 Å². The fourth-order valence-corrected chi connectivity index (χ4v) is 9.22. The Hall–Kier alpha value is -5.29. The lowest BCUT2D eigenvalue weighted by molar-refractivity contribution is -0.141. The number of furan rings is 1. The molecule has 2 aliphatic carbocycles. The predicted molar refractivity (Wildman–Crippen MR) is 205 cm³/mol. The van der Waals surface area contributed by atoms with Crippen LogP contribution in [0.1, 0.15) is 57.8 Å². The lowest BCUT2D eigenvalue weighted by atomic mass is 10.1. The zero-order chi connectivity index (χ0) is 39.9. The second-order valence-corrected chi connectivity index (χ2v) is 17.2. The number of nitrogens with one attached hydrogen (secondary N) is 3. The minimum Gasteiger partial charge on any atom is -0.484 e. The van der Waals surface area contributed by atoms with E-state index in [9.17, 15) is 32.0 Å². The van der Waals surface area contributed by atoms with Crippen LogP contribution in [0.5, 0.6) is 5.75 Å². The molecule has 17 heteroatoms. The van der Waals surface area contributed by atoms with Crippen LogP contribution in [0.25, 0.3) is 33.0 Å². The number of rotatable bonds is 9. The number of aromatic nitrogens is 1. The number of carbonyl (C=O) groups excluding carboxylic acids is 4. The molecule has 4 aromatic rings. The van der Waals surface area contributed by atoms with Gasteiger partial charge in [-0.1, -0.05) is 37.1 Å². The Morgan fingerprint density at radius 1 is 1.07 bits per heavy atom. The van der Waals surface area contributed by atoms with E-state index in [2.05, 4.69) is 15.4 Å². The Bertz CT molecular complexity index is 2380. The first-order chi connectivity index (χ1) is 27.5. The number of allylic oxidation sites excluding steroid dienone is 1. The van der Waals surface area contributed by atoms with Gasteiger partial charge in [-0.05, 0) is 68.9 Å². The molecule has 3 fully saturated rings. The van der Waals surface area contributed by atoms with Crippen LogP contribution in [-0.2, 0) is 33.9 Å². The maximum atomic E-state index is 14.8. The van der Waals surface area contributed by atoms with Gasteiger partial charge in [0.15, 0.2) is 11.3 Å². The van der Waals surface area contributed by atoms with Crippen molar-refractivity contribution in [3.63, 3.8) is 0 Å². The van der Waals surface area contributed by atoms with Crippen molar-refractivity contribution >= 4 is 66.8 Å². The number of sulfonamides is 1. The minimum absolute atomic E-state index is 0.0429. The summed E-state index contributed by atoms with van der Waals surface area (Å²) in [6.07, 6.45) is 6.00. The number of pyridine rings is 1. The van der Waals surface area contributed by atoms with E-state index in [0.29, 0.717) is 53.1 Å². The van der Waals surface area contributed by atoms with Crippen molar-refractivity contribution in [1.29, 1.82) is 0 Å². The number of halogens is 1. The molecule has 0 spiro atoms. The summed E-state index contributed by atoms with van der Waals surface area (Å²) in [5.41, 5.74) is 0.143. The summed E-state index contributed by atoms with van der Waals surface area (Å²) in [7, 11) is -2.47. The van der Waals surface area contributed by atoms with Crippen LogP contribution in [0.2, 0.25) is 0 Å². The highest BCUT2D eigenvalue weighted by molar-refractivity contribution is 7.91. The van der Waals surface area contributed by atoms with Crippen molar-refractivity contribution in [2.45, 2.75) is 86.8 Å². The molecule has 4 amide bonds. The quantitative estimate of drug-likeness (QED) is 0.161. The van der Waals surface area contributed by atoms with Crippen LogP contribution >= 0.6 is 0 Å². The van der Waals surface area contributed by atoms with E-state index in [1.807, 2.05) is 30.4 Å². The molecule has 57 heavy (non-hydrogen) atoms. The molecule has 5 atom stereocenters. The summed E-state index contributed by atoms with van der Waals surface area (Å²) in [5, 5.41) is 5.90. The molecular weight excluding hydrogens is 762 g/mol. The molecule has 302 valence electrons. The van der Waals surface area contributed by atoms with Crippen molar-refractivity contribution in [1.82, 2.24) is 25.2 Å². The largest absolute Gasteiger partial charge is 0.484 e. The van der Waals surface area contributed by atoms with E-state index >= 15 is 0 Å². The van der Waals surface area contributed by atoms with Gasteiger partial charge in [-0.15, -0.1) is 0 Å². The Morgan fingerprint density at radius 2 is 1.89 bits per heavy atom. The zero-order valence-corrected chi connectivity index (χ0v) is 32.1. The van der Waals surface area contributed by atoms with Gasteiger partial charge in [-0.2, -0.15) is 0 Å². The first-order valence-corrected chi connectivity index (χ1v) is 20.9. The third kappa shape index (κ3) is 7.86. The molecule has 2 aliphatic heterocycles. The number of fused-ring (bicyclic) bond motifs is 6. The van der Waals surface area contributed by atoms with E-state index < -0.39 is 74.5 Å². The smallest absolute Gasteiger partial charge is 0.407 e. The average Bonchev–Trinajstić information content (AvgIpc) is 4.09. The number of alkyl carbamates (subject to hydrolysis) is 1. The lowest BCUT2D eigenvalue weighted by Crippen LogP contribution is -2.58. The number of amides is 4. The van der Waals surface area contributed by atoms with Crippen molar-refractivity contribution < 1.29 is 50.6 Å². The van der Waals surface area contributed by atoms with E-state index in [1.54, 1.807) is 6.07 Å². The monoisotopic (exact) mass is 805 g/mol. The molecule has 2 aromatic heterocycles. The third-order valence-electron chi connectivity index (χ3n) is 11.2. The summed E-state index contributed by atoms with van der Waals surface area (Å²) in [6.45, 7) is -0.0245. The average molecular weight is 806 g/mol. The van der Waals surface area contributed by atoms with Crippen LogP contribution in [0.4, 0.5) is 9.18 Å². The standard InChI is InChI=1S/C40H44FN5O10S/c1-53-17-18-54-39(50)43-30-11-6-4-2-3-5-9-23-21-40(23,38(49)45-57(51,52)26-14-15-26)44-36(47)31-20-25(22-46(31)37(30)48)55-34-28-19-24(41)13-16-29(28)42-33-27-10-7-8-12-32(27)56-35(33)34/h5,7-10,12-13,16,19,23,25-26,30-31H,2-4,6,11,14-15,17-18,20-22H2,1H3,(H,43,50)(H,44,47)(H,45,49)/t23-,25-,30+,31+,40-/m1/s1. The van der Waals surface area contributed by atoms with Gasteiger partial charge >= 0.3 is 6.09 Å². The number of methoxy groups -OCH3 is 1. The summed E-state index contributed by atoms with van der Waals surface area (Å²) >= 11 is 0. The Labute approximate surface area is 327 Å². The number of benzene rings is 2. The molecule has 2 aromatic carbocycles. The first-order valence-electron chi connectivity index (χ1n) is 19.3. The summed E-state index contributed by atoms with van der Waals surface area (Å²) < 4.78 is 65.8. The van der Waals surface area contributed by atoms with Gasteiger partial charge in [-0.3, -0.25) is 19.1 Å². The molecule has 0 unspecified atom stereocenters. The maximum absolute atomic E-state index is 14.8. The highest BCUT2D eigenvalue weighted by Crippen LogP contribution is 2.46. The fourth-order valence-electron chi connectivity index (χ4n) is 7.86. The van der Waals surface area contributed by atoms with Gasteiger partial charge in [-0.25, -0.2) is 22.6 Å². The molecule has 15 nitrogen and oxygen atoms in total. The molecule has 4 aliphatic rings. The number of para-hydroxylation sites is 1. The summed E-state index contributed by atoms with van der Waals surface area (Å²) in [6, 6.07) is 9.08. The second kappa shape index (κ2) is 15.6. The van der Waals surface area contributed by atoms with Gasteiger partial charge in [0.1, 0.15) is 47.3 Å². The van der Waals surface area contributed by atoms with Crippen LogP contribution in [-0.4, -0.2) is 98.0 Å². The summed E-state index contributed by atoms with van der Waals surface area (Å²) in [4.78, 5) is 61.8. The zero-order valence-electron chi connectivity index (χ0n) is 31.3.